The third-order valence-electron chi connectivity index (χ3n) is 5.50. The molecule has 1 heterocycles. The molecule has 10 heteroatoms. The SMILES string of the molecule is COc1cccc(/C=C2\SC(=O)N(CCOc3ccc(C)cc3)C2=O)c1OS(=O)(=O)c1ccc(C)cc1. The van der Waals surface area contributed by atoms with E-state index in [0.717, 1.165) is 27.8 Å². The molecular weight excluding hydrogens is 514 g/mol. The van der Waals surface area contributed by atoms with E-state index >= 15 is 0 Å². The smallest absolute Gasteiger partial charge is 0.339 e. The Morgan fingerprint density at radius 2 is 1.57 bits per heavy atom. The maximum atomic E-state index is 13.0. The molecule has 0 spiro atoms. The molecule has 4 rings (SSSR count). The van der Waals surface area contributed by atoms with Gasteiger partial charge >= 0.3 is 10.1 Å². The Morgan fingerprint density at radius 1 is 0.919 bits per heavy atom. The van der Waals surface area contributed by atoms with Gasteiger partial charge in [0.15, 0.2) is 11.5 Å². The van der Waals surface area contributed by atoms with Crippen molar-refractivity contribution < 1.29 is 31.7 Å². The van der Waals surface area contributed by atoms with Crippen molar-refractivity contribution in [3.63, 3.8) is 0 Å². The maximum Gasteiger partial charge on any atom is 0.339 e. The van der Waals surface area contributed by atoms with E-state index < -0.39 is 21.3 Å². The van der Waals surface area contributed by atoms with Gasteiger partial charge in [-0.05, 0) is 62.0 Å². The van der Waals surface area contributed by atoms with Crippen molar-refractivity contribution in [2.75, 3.05) is 20.3 Å². The summed E-state index contributed by atoms with van der Waals surface area (Å²) >= 11 is 0.760. The Hall–Kier alpha value is -3.76. The third kappa shape index (κ3) is 6.15. The average molecular weight is 540 g/mol. The van der Waals surface area contributed by atoms with Crippen LogP contribution in [0.1, 0.15) is 16.7 Å². The summed E-state index contributed by atoms with van der Waals surface area (Å²) < 4.78 is 42.3. The largest absolute Gasteiger partial charge is 0.493 e. The van der Waals surface area contributed by atoms with Crippen LogP contribution < -0.4 is 13.7 Å². The van der Waals surface area contributed by atoms with E-state index in [1.807, 2.05) is 38.1 Å². The molecule has 0 radical (unpaired) electrons. The van der Waals surface area contributed by atoms with Crippen LogP contribution in [-0.2, 0) is 14.9 Å². The van der Waals surface area contributed by atoms with Gasteiger partial charge in [-0.2, -0.15) is 8.42 Å². The number of rotatable bonds is 9. The standard InChI is InChI=1S/C27H25NO7S2/c1-18-7-11-21(12-8-18)34-16-15-28-26(29)24(36-27(28)30)17-20-5-4-6-23(33-3)25(20)35-37(31,32)22-13-9-19(2)10-14-22/h4-14,17H,15-16H2,1-3H3/b24-17-. The van der Waals surface area contributed by atoms with Gasteiger partial charge in [-0.25, -0.2) is 0 Å². The van der Waals surface area contributed by atoms with E-state index in [4.69, 9.17) is 13.7 Å². The molecule has 1 aliphatic rings. The molecule has 0 atom stereocenters. The normalized spacial score (nSPS) is 14.8. The van der Waals surface area contributed by atoms with Crippen molar-refractivity contribution in [3.8, 4) is 17.2 Å². The molecule has 192 valence electrons. The van der Waals surface area contributed by atoms with Gasteiger partial charge in [0.25, 0.3) is 11.1 Å². The highest BCUT2D eigenvalue weighted by atomic mass is 32.2. The van der Waals surface area contributed by atoms with E-state index in [9.17, 15) is 18.0 Å². The Kier molecular flexibility index (Phi) is 7.89. The fourth-order valence-electron chi connectivity index (χ4n) is 3.48. The van der Waals surface area contributed by atoms with Gasteiger partial charge < -0.3 is 13.7 Å². The van der Waals surface area contributed by atoms with Crippen molar-refractivity contribution in [1.82, 2.24) is 4.90 Å². The van der Waals surface area contributed by atoms with Gasteiger partial charge in [-0.15, -0.1) is 0 Å². The second kappa shape index (κ2) is 11.1. The molecule has 0 aromatic heterocycles. The number of carbonyl (C=O) groups is 2. The van der Waals surface area contributed by atoms with Crippen LogP contribution in [0.15, 0.2) is 76.5 Å². The van der Waals surface area contributed by atoms with Gasteiger partial charge in [0.05, 0.1) is 18.6 Å². The van der Waals surface area contributed by atoms with Crippen LogP contribution in [0.25, 0.3) is 6.08 Å². The molecule has 1 aliphatic heterocycles. The number of nitrogens with zero attached hydrogens (tertiary/aromatic N) is 1. The summed E-state index contributed by atoms with van der Waals surface area (Å²) in [7, 11) is -2.81. The molecule has 3 aromatic carbocycles. The van der Waals surface area contributed by atoms with Gasteiger partial charge in [0.1, 0.15) is 17.3 Å². The highest BCUT2D eigenvalue weighted by Gasteiger charge is 2.35. The van der Waals surface area contributed by atoms with E-state index in [1.54, 1.807) is 30.3 Å². The fourth-order valence-corrected chi connectivity index (χ4v) is 5.30. The highest BCUT2D eigenvalue weighted by molar-refractivity contribution is 8.18. The van der Waals surface area contributed by atoms with Gasteiger partial charge in [-0.3, -0.25) is 14.5 Å². The average Bonchev–Trinajstić information content (AvgIpc) is 3.13. The number of hydrogen-bond acceptors (Lipinski definition) is 8. The number of methoxy groups -OCH3 is 1. The first kappa shape index (κ1) is 26.3. The molecule has 0 unspecified atom stereocenters. The maximum absolute atomic E-state index is 13.0. The molecule has 3 aromatic rings. The van der Waals surface area contributed by atoms with Crippen LogP contribution >= 0.6 is 11.8 Å². The number of aryl methyl sites for hydroxylation is 2. The zero-order chi connectivity index (χ0) is 26.6. The summed E-state index contributed by atoms with van der Waals surface area (Å²) in [5, 5.41) is -0.443. The quantitative estimate of drug-likeness (QED) is 0.270. The van der Waals surface area contributed by atoms with Crippen LogP contribution in [0, 0.1) is 13.8 Å². The van der Waals surface area contributed by atoms with E-state index in [-0.39, 0.29) is 40.0 Å². The fraction of sp³-hybridized carbons (Fsp3) is 0.185. The number of para-hydroxylation sites is 1. The molecule has 1 saturated heterocycles. The van der Waals surface area contributed by atoms with Gasteiger partial charge in [0.2, 0.25) is 0 Å². The first-order chi connectivity index (χ1) is 17.7. The van der Waals surface area contributed by atoms with Crippen molar-refractivity contribution in [3.05, 3.63) is 88.3 Å². The van der Waals surface area contributed by atoms with E-state index in [2.05, 4.69) is 0 Å². The molecule has 0 saturated carbocycles. The summed E-state index contributed by atoms with van der Waals surface area (Å²) in [5.41, 5.74) is 2.27. The van der Waals surface area contributed by atoms with Crippen LogP contribution in [-0.4, -0.2) is 44.7 Å². The third-order valence-corrected chi connectivity index (χ3v) is 7.64. The highest BCUT2D eigenvalue weighted by Crippen LogP contribution is 2.38. The lowest BCUT2D eigenvalue weighted by atomic mass is 10.1. The van der Waals surface area contributed by atoms with Crippen LogP contribution in [0.3, 0.4) is 0 Å². The predicted octanol–water partition coefficient (Wildman–Crippen LogP) is 5.20. The molecule has 0 bridgehead atoms. The number of benzene rings is 3. The van der Waals surface area contributed by atoms with Crippen LogP contribution in [0.4, 0.5) is 4.79 Å². The summed E-state index contributed by atoms with van der Waals surface area (Å²) in [6.45, 7) is 4.01. The minimum atomic E-state index is -4.19. The molecule has 0 aliphatic carbocycles. The molecule has 2 amide bonds. The lowest BCUT2D eigenvalue weighted by Gasteiger charge is -2.14. The summed E-state index contributed by atoms with van der Waals surface area (Å²) in [4.78, 5) is 26.7. The van der Waals surface area contributed by atoms with Crippen molar-refractivity contribution in [2.45, 2.75) is 18.7 Å². The first-order valence-corrected chi connectivity index (χ1v) is 13.5. The number of carbonyl (C=O) groups excluding carboxylic acids is 2. The molecule has 37 heavy (non-hydrogen) atoms. The van der Waals surface area contributed by atoms with Crippen LogP contribution in [0.5, 0.6) is 17.2 Å². The van der Waals surface area contributed by atoms with E-state index in [0.29, 0.717) is 5.75 Å². The molecule has 0 N–H and O–H groups in total. The van der Waals surface area contributed by atoms with Gasteiger partial charge in [0, 0.05) is 5.56 Å². The number of imide groups is 1. The van der Waals surface area contributed by atoms with Crippen molar-refractivity contribution in [1.29, 1.82) is 0 Å². The minimum Gasteiger partial charge on any atom is -0.493 e. The van der Waals surface area contributed by atoms with E-state index in [1.165, 1.54) is 25.3 Å². The Bertz CT molecular complexity index is 1450. The minimum absolute atomic E-state index is 0.0242. The number of amides is 2. The summed E-state index contributed by atoms with van der Waals surface area (Å²) in [6.07, 6.45) is 1.42. The lowest BCUT2D eigenvalue weighted by Crippen LogP contribution is -2.32. The second-order valence-corrected chi connectivity index (χ2v) is 10.8. The summed E-state index contributed by atoms with van der Waals surface area (Å²) in [5.74, 6) is 0.217. The number of thioether (sulfide) groups is 1. The van der Waals surface area contributed by atoms with Gasteiger partial charge in [-0.1, -0.05) is 47.5 Å². The Balaban J connectivity index is 1.54. The monoisotopic (exact) mass is 539 g/mol. The topological polar surface area (TPSA) is 99.2 Å². The molecular formula is C27H25NO7S2. The predicted molar refractivity (Wildman–Crippen MR) is 141 cm³/mol. The second-order valence-electron chi connectivity index (χ2n) is 8.22. The number of ether oxygens (including phenoxy) is 2. The first-order valence-electron chi connectivity index (χ1n) is 11.3. The lowest BCUT2D eigenvalue weighted by molar-refractivity contribution is -0.123. The molecule has 1 fully saturated rings. The van der Waals surface area contributed by atoms with Crippen molar-refractivity contribution >= 4 is 39.1 Å². The zero-order valence-corrected chi connectivity index (χ0v) is 22.1. The van der Waals surface area contributed by atoms with Crippen LogP contribution in [0.2, 0.25) is 0 Å². The zero-order valence-electron chi connectivity index (χ0n) is 20.5. The summed E-state index contributed by atoms with van der Waals surface area (Å²) in [6, 6.07) is 18.4. The van der Waals surface area contributed by atoms with Crippen molar-refractivity contribution in [2.24, 2.45) is 0 Å². The number of hydrogen-bond donors (Lipinski definition) is 0. The molecule has 8 nitrogen and oxygen atoms in total. The Labute approximate surface area is 220 Å². The Morgan fingerprint density at radius 3 is 2.22 bits per heavy atom.